The van der Waals surface area contributed by atoms with Gasteiger partial charge in [-0.05, 0) is 60.5 Å². The first kappa shape index (κ1) is 23.4. The number of carbonyl (C=O) groups is 2. The molecule has 1 aliphatic heterocycles. The van der Waals surface area contributed by atoms with E-state index in [4.69, 9.17) is 0 Å². The molecule has 4 rings (SSSR count). The van der Waals surface area contributed by atoms with Crippen molar-refractivity contribution in [1.82, 2.24) is 15.2 Å². The number of benzene rings is 2. The number of amides is 2. The molecule has 1 aliphatic rings. The Morgan fingerprint density at radius 3 is 2.44 bits per heavy atom. The number of aryl methyl sites for hydroxylation is 1. The molecule has 0 saturated carbocycles. The van der Waals surface area contributed by atoms with E-state index < -0.39 is 11.8 Å². The molecule has 0 bridgehead atoms. The van der Waals surface area contributed by atoms with Crippen LogP contribution in [0.25, 0.3) is 0 Å². The molecule has 2 aromatic carbocycles. The quantitative estimate of drug-likeness (QED) is 0.552. The maximum atomic E-state index is 13.3. The average Bonchev–Trinajstić information content (AvgIpc) is 2.85. The molecule has 1 saturated heterocycles. The standard InChI is InChI=1S/C26H28FN5O2/c1-19-4-2-6-22(16-19)30-26(34)25(33)29-18-24(20-5-3-11-28-17-20)32-14-12-31(13-15-32)23-9-7-21(27)8-10-23/h2-11,16-17,24H,12-15,18H2,1H3,(H,29,33)(H,30,34)/t24-/m1/s1. The molecule has 0 unspecified atom stereocenters. The van der Waals surface area contributed by atoms with E-state index in [-0.39, 0.29) is 18.4 Å². The molecular weight excluding hydrogens is 433 g/mol. The van der Waals surface area contributed by atoms with E-state index in [1.54, 1.807) is 30.6 Å². The van der Waals surface area contributed by atoms with Crippen LogP contribution in [0.5, 0.6) is 0 Å². The first-order valence-electron chi connectivity index (χ1n) is 11.3. The number of pyridine rings is 1. The molecule has 3 aromatic rings. The van der Waals surface area contributed by atoms with Crippen LogP contribution >= 0.6 is 0 Å². The van der Waals surface area contributed by atoms with Crippen LogP contribution in [0.2, 0.25) is 0 Å². The normalized spacial score (nSPS) is 14.9. The number of carbonyl (C=O) groups excluding carboxylic acids is 2. The van der Waals surface area contributed by atoms with Gasteiger partial charge in [0.15, 0.2) is 0 Å². The molecule has 1 fully saturated rings. The Morgan fingerprint density at radius 2 is 1.76 bits per heavy atom. The lowest BCUT2D eigenvalue weighted by atomic mass is 10.1. The molecule has 8 heteroatoms. The van der Waals surface area contributed by atoms with E-state index in [1.807, 2.05) is 37.3 Å². The van der Waals surface area contributed by atoms with E-state index in [9.17, 15) is 14.0 Å². The molecule has 0 radical (unpaired) electrons. The molecule has 0 spiro atoms. The van der Waals surface area contributed by atoms with Gasteiger partial charge >= 0.3 is 11.8 Å². The topological polar surface area (TPSA) is 77.6 Å². The van der Waals surface area contributed by atoms with Gasteiger partial charge < -0.3 is 15.5 Å². The van der Waals surface area contributed by atoms with Crippen LogP contribution in [0.15, 0.2) is 73.1 Å². The van der Waals surface area contributed by atoms with Crippen molar-refractivity contribution in [2.45, 2.75) is 13.0 Å². The van der Waals surface area contributed by atoms with Gasteiger partial charge in [-0.15, -0.1) is 0 Å². The van der Waals surface area contributed by atoms with Crippen molar-refractivity contribution in [3.05, 3.63) is 90.0 Å². The van der Waals surface area contributed by atoms with Crippen LogP contribution in [0, 0.1) is 12.7 Å². The van der Waals surface area contributed by atoms with Crippen molar-refractivity contribution in [2.75, 3.05) is 42.9 Å². The van der Waals surface area contributed by atoms with Crippen molar-refractivity contribution >= 4 is 23.2 Å². The van der Waals surface area contributed by atoms with Gasteiger partial charge in [0.25, 0.3) is 0 Å². The summed E-state index contributed by atoms with van der Waals surface area (Å²) in [7, 11) is 0. The minimum Gasteiger partial charge on any atom is -0.369 e. The van der Waals surface area contributed by atoms with Gasteiger partial charge in [-0.25, -0.2) is 4.39 Å². The Morgan fingerprint density at radius 1 is 1.00 bits per heavy atom. The summed E-state index contributed by atoms with van der Waals surface area (Å²) in [5, 5.41) is 5.43. The highest BCUT2D eigenvalue weighted by Crippen LogP contribution is 2.24. The molecule has 1 atom stereocenters. The fourth-order valence-corrected chi connectivity index (χ4v) is 4.15. The van der Waals surface area contributed by atoms with Crippen molar-refractivity contribution in [1.29, 1.82) is 0 Å². The molecule has 176 valence electrons. The Kier molecular flexibility index (Phi) is 7.49. The van der Waals surface area contributed by atoms with Crippen LogP contribution in [-0.4, -0.2) is 54.4 Å². The lowest BCUT2D eigenvalue weighted by molar-refractivity contribution is -0.136. The first-order valence-corrected chi connectivity index (χ1v) is 11.3. The molecule has 1 aromatic heterocycles. The van der Waals surface area contributed by atoms with Crippen LogP contribution in [0.4, 0.5) is 15.8 Å². The zero-order valence-electron chi connectivity index (χ0n) is 19.1. The summed E-state index contributed by atoms with van der Waals surface area (Å²) in [6.07, 6.45) is 3.50. The van der Waals surface area contributed by atoms with Gasteiger partial charge in [0.05, 0.1) is 6.04 Å². The van der Waals surface area contributed by atoms with Crippen molar-refractivity contribution in [3.8, 4) is 0 Å². The molecule has 2 amide bonds. The SMILES string of the molecule is Cc1cccc(NC(=O)C(=O)NC[C@H](c2cccnc2)N2CCN(c3ccc(F)cc3)CC2)c1. The van der Waals surface area contributed by atoms with E-state index in [2.05, 4.69) is 25.4 Å². The lowest BCUT2D eigenvalue weighted by Crippen LogP contribution is -2.50. The zero-order chi connectivity index (χ0) is 23.9. The molecule has 0 aliphatic carbocycles. The second kappa shape index (κ2) is 10.9. The highest BCUT2D eigenvalue weighted by molar-refractivity contribution is 6.39. The summed E-state index contributed by atoms with van der Waals surface area (Å²) in [6.45, 7) is 5.24. The molecule has 7 nitrogen and oxygen atoms in total. The zero-order valence-corrected chi connectivity index (χ0v) is 19.1. The lowest BCUT2D eigenvalue weighted by Gasteiger charge is -2.40. The van der Waals surface area contributed by atoms with Crippen molar-refractivity contribution < 1.29 is 14.0 Å². The number of hydrogen-bond donors (Lipinski definition) is 2. The smallest absolute Gasteiger partial charge is 0.313 e. The number of nitrogens with one attached hydrogen (secondary N) is 2. The molecule has 2 heterocycles. The second-order valence-corrected chi connectivity index (χ2v) is 8.34. The number of rotatable bonds is 6. The van der Waals surface area contributed by atoms with Gasteiger partial charge in [0.1, 0.15) is 5.82 Å². The van der Waals surface area contributed by atoms with Crippen LogP contribution in [0.3, 0.4) is 0 Å². The Labute approximate surface area is 198 Å². The number of nitrogens with zero attached hydrogens (tertiary/aromatic N) is 3. The highest BCUT2D eigenvalue weighted by Gasteiger charge is 2.27. The van der Waals surface area contributed by atoms with Gasteiger partial charge in [0, 0.05) is 56.5 Å². The number of aromatic nitrogens is 1. The number of anilines is 2. The predicted octanol–water partition coefficient (Wildman–Crippen LogP) is 3.15. The summed E-state index contributed by atoms with van der Waals surface area (Å²) >= 11 is 0. The van der Waals surface area contributed by atoms with Gasteiger partial charge in [-0.1, -0.05) is 18.2 Å². The largest absolute Gasteiger partial charge is 0.369 e. The van der Waals surface area contributed by atoms with Crippen molar-refractivity contribution in [2.24, 2.45) is 0 Å². The van der Waals surface area contributed by atoms with Gasteiger partial charge in [-0.3, -0.25) is 19.5 Å². The van der Waals surface area contributed by atoms with Crippen LogP contribution in [0.1, 0.15) is 17.2 Å². The maximum absolute atomic E-state index is 13.3. The minimum atomic E-state index is -0.698. The van der Waals surface area contributed by atoms with Gasteiger partial charge in [-0.2, -0.15) is 0 Å². The predicted molar refractivity (Wildman–Crippen MR) is 130 cm³/mol. The minimum absolute atomic E-state index is 0.125. The van der Waals surface area contributed by atoms with Crippen LogP contribution < -0.4 is 15.5 Å². The van der Waals surface area contributed by atoms with E-state index in [0.29, 0.717) is 5.69 Å². The Bertz CT molecular complexity index is 1120. The summed E-state index contributed by atoms with van der Waals surface area (Å²) in [6, 6.07) is 17.5. The average molecular weight is 462 g/mol. The third-order valence-corrected chi connectivity index (χ3v) is 5.95. The van der Waals surface area contributed by atoms with Crippen LogP contribution in [-0.2, 0) is 9.59 Å². The third-order valence-electron chi connectivity index (χ3n) is 5.95. The number of halogens is 1. The van der Waals surface area contributed by atoms with E-state index >= 15 is 0 Å². The molecular formula is C26H28FN5O2. The van der Waals surface area contributed by atoms with Gasteiger partial charge in [0.2, 0.25) is 0 Å². The number of piperazine rings is 1. The summed E-state index contributed by atoms with van der Waals surface area (Å²) in [4.78, 5) is 33.6. The van der Waals surface area contributed by atoms with Crippen molar-refractivity contribution in [3.63, 3.8) is 0 Å². The number of hydrogen-bond acceptors (Lipinski definition) is 5. The fraction of sp³-hybridized carbons (Fsp3) is 0.269. The highest BCUT2D eigenvalue weighted by atomic mass is 19.1. The fourth-order valence-electron chi connectivity index (χ4n) is 4.15. The molecule has 2 N–H and O–H groups in total. The Balaban J connectivity index is 1.38. The van der Waals surface area contributed by atoms with E-state index in [1.165, 1.54) is 12.1 Å². The molecule has 34 heavy (non-hydrogen) atoms. The summed E-state index contributed by atoms with van der Waals surface area (Å²) in [5.74, 6) is -1.63. The third kappa shape index (κ3) is 5.96. The maximum Gasteiger partial charge on any atom is 0.313 e. The summed E-state index contributed by atoms with van der Waals surface area (Å²) in [5.41, 5.74) is 3.53. The summed E-state index contributed by atoms with van der Waals surface area (Å²) < 4.78 is 13.3. The Hall–Kier alpha value is -3.78. The first-order chi connectivity index (χ1) is 16.5. The van der Waals surface area contributed by atoms with E-state index in [0.717, 1.165) is 43.0 Å². The second-order valence-electron chi connectivity index (χ2n) is 8.34. The monoisotopic (exact) mass is 461 g/mol.